The molecule has 5 heteroatoms. The summed E-state index contributed by atoms with van der Waals surface area (Å²) in [6.07, 6.45) is 0. The second-order valence-electron chi connectivity index (χ2n) is 11.9. The highest BCUT2D eigenvalue weighted by atomic mass is 16.4. The van der Waals surface area contributed by atoms with Crippen LogP contribution in [0, 0.1) is 0 Å². The number of rotatable bonds is 5. The Labute approximate surface area is 274 Å². The molecule has 3 aromatic heterocycles. The Morgan fingerprint density at radius 2 is 1.06 bits per heavy atom. The molecule has 0 aliphatic heterocycles. The normalized spacial score (nSPS) is 11.8. The van der Waals surface area contributed by atoms with Gasteiger partial charge in [-0.15, -0.1) is 0 Å². The van der Waals surface area contributed by atoms with Crippen molar-refractivity contribution in [2.24, 2.45) is 0 Å². The maximum Gasteiger partial charge on any atom is 0.228 e. The SMILES string of the molecule is c1ccc(-c2ccccc2N(c2ccc3c(c2)oc2cccc(-c4nc5ccccc5o4)c23)c2cccc3oc4ccccc4c23)cc1. The van der Waals surface area contributed by atoms with Gasteiger partial charge in [-0.05, 0) is 66.2 Å². The van der Waals surface area contributed by atoms with E-state index in [2.05, 4.69) is 95.9 Å². The van der Waals surface area contributed by atoms with Crippen molar-refractivity contribution in [2.45, 2.75) is 0 Å². The van der Waals surface area contributed by atoms with Crippen molar-refractivity contribution in [3.05, 3.63) is 158 Å². The summed E-state index contributed by atoms with van der Waals surface area (Å²) >= 11 is 0. The van der Waals surface area contributed by atoms with Crippen molar-refractivity contribution in [1.29, 1.82) is 0 Å². The summed E-state index contributed by atoms with van der Waals surface area (Å²) in [6.45, 7) is 0. The molecule has 0 unspecified atom stereocenters. The maximum atomic E-state index is 6.59. The molecule has 0 N–H and O–H groups in total. The van der Waals surface area contributed by atoms with Crippen molar-refractivity contribution >= 4 is 72.0 Å². The van der Waals surface area contributed by atoms with E-state index in [0.717, 1.165) is 88.7 Å². The van der Waals surface area contributed by atoms with Crippen LogP contribution in [0.25, 0.3) is 77.6 Å². The maximum absolute atomic E-state index is 6.59. The highest BCUT2D eigenvalue weighted by Gasteiger charge is 2.23. The molecule has 226 valence electrons. The number of anilines is 3. The summed E-state index contributed by atoms with van der Waals surface area (Å²) in [5, 5.41) is 4.09. The first-order valence-corrected chi connectivity index (χ1v) is 16.0. The van der Waals surface area contributed by atoms with Crippen LogP contribution in [0.4, 0.5) is 17.1 Å². The molecular weight excluding hydrogens is 592 g/mol. The lowest BCUT2D eigenvalue weighted by Crippen LogP contribution is -2.11. The first-order valence-electron chi connectivity index (χ1n) is 16.0. The van der Waals surface area contributed by atoms with Crippen LogP contribution in [0.1, 0.15) is 0 Å². The van der Waals surface area contributed by atoms with Gasteiger partial charge in [0.15, 0.2) is 5.58 Å². The molecule has 5 nitrogen and oxygen atoms in total. The molecule has 10 aromatic rings. The van der Waals surface area contributed by atoms with Gasteiger partial charge in [-0.2, -0.15) is 0 Å². The van der Waals surface area contributed by atoms with Crippen molar-refractivity contribution < 1.29 is 13.3 Å². The third-order valence-electron chi connectivity index (χ3n) is 9.11. The number of hydrogen-bond acceptors (Lipinski definition) is 5. The minimum absolute atomic E-state index is 0.575. The third-order valence-corrected chi connectivity index (χ3v) is 9.11. The van der Waals surface area contributed by atoms with Crippen molar-refractivity contribution in [3.63, 3.8) is 0 Å². The molecule has 0 amide bonds. The van der Waals surface area contributed by atoms with Gasteiger partial charge in [0.2, 0.25) is 5.89 Å². The minimum atomic E-state index is 0.575. The Hall–Kier alpha value is -6.59. The number of oxazole rings is 1. The molecule has 48 heavy (non-hydrogen) atoms. The number of hydrogen-bond donors (Lipinski definition) is 0. The lowest BCUT2D eigenvalue weighted by Gasteiger charge is -2.28. The van der Waals surface area contributed by atoms with Gasteiger partial charge in [-0.25, -0.2) is 4.98 Å². The van der Waals surface area contributed by atoms with E-state index in [1.54, 1.807) is 0 Å². The molecule has 7 aromatic carbocycles. The predicted molar refractivity (Wildman–Crippen MR) is 194 cm³/mol. The molecule has 0 bridgehead atoms. The molecule has 0 saturated heterocycles. The predicted octanol–water partition coefficient (Wildman–Crippen LogP) is 12.4. The average molecular weight is 619 g/mol. The lowest BCUT2D eigenvalue weighted by atomic mass is 10.0. The number of aromatic nitrogens is 1. The van der Waals surface area contributed by atoms with Crippen LogP contribution < -0.4 is 4.90 Å². The van der Waals surface area contributed by atoms with Crippen LogP contribution in [0.2, 0.25) is 0 Å². The number of nitrogens with zero attached hydrogens (tertiary/aromatic N) is 2. The van der Waals surface area contributed by atoms with E-state index in [1.807, 2.05) is 66.7 Å². The van der Waals surface area contributed by atoms with Gasteiger partial charge in [-0.3, -0.25) is 0 Å². The van der Waals surface area contributed by atoms with Gasteiger partial charge in [-0.1, -0.05) is 91.0 Å². The van der Waals surface area contributed by atoms with Crippen LogP contribution in [-0.4, -0.2) is 4.98 Å². The Bertz CT molecular complexity index is 2770. The summed E-state index contributed by atoms with van der Waals surface area (Å²) < 4.78 is 19.2. The van der Waals surface area contributed by atoms with Gasteiger partial charge >= 0.3 is 0 Å². The standard InChI is InChI=1S/C43H26N2O3/c1-2-12-27(13-3-1)29-14-4-7-18-34(29)45(35-19-11-23-39-42(35)30-15-5-8-20-36(30)46-39)28-24-25-31-40(26-28)47-38-22-10-16-32(41(31)38)43-44-33-17-6-9-21-37(33)48-43/h1-26H. The Morgan fingerprint density at radius 1 is 0.417 bits per heavy atom. The smallest absolute Gasteiger partial charge is 0.228 e. The number of furan rings is 2. The molecule has 0 atom stereocenters. The van der Waals surface area contributed by atoms with Crippen LogP contribution in [0.3, 0.4) is 0 Å². The molecular formula is C43H26N2O3. The summed E-state index contributed by atoms with van der Waals surface area (Å²) in [6, 6.07) is 53.9. The fourth-order valence-corrected chi connectivity index (χ4v) is 7.00. The zero-order valence-electron chi connectivity index (χ0n) is 25.6. The summed E-state index contributed by atoms with van der Waals surface area (Å²) in [7, 11) is 0. The molecule has 0 saturated carbocycles. The van der Waals surface area contributed by atoms with E-state index in [9.17, 15) is 0 Å². The van der Waals surface area contributed by atoms with E-state index in [-0.39, 0.29) is 0 Å². The van der Waals surface area contributed by atoms with Crippen molar-refractivity contribution in [3.8, 4) is 22.6 Å². The quantitative estimate of drug-likeness (QED) is 0.192. The van der Waals surface area contributed by atoms with Crippen LogP contribution in [0.5, 0.6) is 0 Å². The van der Waals surface area contributed by atoms with Crippen LogP contribution >= 0.6 is 0 Å². The molecule has 3 heterocycles. The topological polar surface area (TPSA) is 55.6 Å². The van der Waals surface area contributed by atoms with Crippen LogP contribution in [0.15, 0.2) is 171 Å². The summed E-state index contributed by atoms with van der Waals surface area (Å²) in [5.41, 5.74) is 11.0. The van der Waals surface area contributed by atoms with E-state index in [4.69, 9.17) is 18.2 Å². The largest absolute Gasteiger partial charge is 0.456 e. The number of para-hydroxylation sites is 4. The molecule has 0 spiro atoms. The molecule has 0 aliphatic rings. The van der Waals surface area contributed by atoms with E-state index in [1.165, 1.54) is 0 Å². The summed E-state index contributed by atoms with van der Waals surface area (Å²) in [4.78, 5) is 7.13. The van der Waals surface area contributed by atoms with Crippen molar-refractivity contribution in [2.75, 3.05) is 4.90 Å². The zero-order chi connectivity index (χ0) is 31.6. The van der Waals surface area contributed by atoms with E-state index >= 15 is 0 Å². The van der Waals surface area contributed by atoms with E-state index < -0.39 is 0 Å². The second-order valence-corrected chi connectivity index (χ2v) is 11.9. The first-order chi connectivity index (χ1) is 23.8. The second kappa shape index (κ2) is 10.5. The van der Waals surface area contributed by atoms with Gasteiger partial charge in [0.1, 0.15) is 27.8 Å². The Balaban J connectivity index is 1.23. The monoisotopic (exact) mass is 618 g/mol. The fourth-order valence-electron chi connectivity index (χ4n) is 7.00. The first kappa shape index (κ1) is 26.6. The van der Waals surface area contributed by atoms with Gasteiger partial charge in [0, 0.05) is 39.0 Å². The van der Waals surface area contributed by atoms with E-state index in [0.29, 0.717) is 5.89 Å². The number of fused-ring (bicyclic) bond motifs is 7. The third kappa shape index (κ3) is 4.08. The minimum Gasteiger partial charge on any atom is -0.456 e. The molecule has 10 rings (SSSR count). The number of benzene rings is 7. The molecule has 0 aliphatic carbocycles. The Kier molecular flexibility index (Phi) is 5.81. The highest BCUT2D eigenvalue weighted by Crippen LogP contribution is 2.47. The van der Waals surface area contributed by atoms with Gasteiger partial charge < -0.3 is 18.2 Å². The molecule has 0 radical (unpaired) electrons. The zero-order valence-corrected chi connectivity index (χ0v) is 25.6. The lowest BCUT2D eigenvalue weighted by molar-refractivity contribution is 0.620. The molecule has 0 fully saturated rings. The van der Waals surface area contributed by atoms with Gasteiger partial charge in [0.05, 0.1) is 16.8 Å². The van der Waals surface area contributed by atoms with Crippen molar-refractivity contribution in [1.82, 2.24) is 4.98 Å². The average Bonchev–Trinajstić information content (AvgIpc) is 3.85. The highest BCUT2D eigenvalue weighted by molar-refractivity contribution is 6.15. The Morgan fingerprint density at radius 3 is 1.96 bits per heavy atom. The van der Waals surface area contributed by atoms with Gasteiger partial charge in [0.25, 0.3) is 0 Å². The summed E-state index contributed by atoms with van der Waals surface area (Å²) in [5.74, 6) is 0.575. The van der Waals surface area contributed by atoms with Crippen LogP contribution in [-0.2, 0) is 0 Å². The fraction of sp³-hybridized carbons (Fsp3) is 0.